The number of benzene rings is 2. The van der Waals surface area contributed by atoms with E-state index >= 15 is 0 Å². The molecule has 2 unspecified atom stereocenters. The molecule has 0 heterocycles. The molecular formula is C19H25NO. The van der Waals surface area contributed by atoms with E-state index in [0.717, 1.165) is 13.1 Å². The summed E-state index contributed by atoms with van der Waals surface area (Å²) in [6.07, 6.45) is 5.06. The molecule has 2 nitrogen and oxygen atoms in total. The fourth-order valence-electron chi connectivity index (χ4n) is 3.54. The molecule has 2 heteroatoms. The third-order valence-electron chi connectivity index (χ3n) is 4.85. The molecule has 21 heavy (non-hydrogen) atoms. The first-order valence-corrected chi connectivity index (χ1v) is 8.16. The number of hydrogen-bond donors (Lipinski definition) is 2. The molecule has 0 amide bonds. The largest absolute Gasteiger partial charge is 0.396 e. The van der Waals surface area contributed by atoms with Crippen LogP contribution < -0.4 is 5.32 Å². The Morgan fingerprint density at radius 2 is 1.71 bits per heavy atom. The van der Waals surface area contributed by atoms with Crippen LogP contribution in [0.4, 0.5) is 0 Å². The lowest BCUT2D eigenvalue weighted by molar-refractivity contribution is 0.133. The first-order valence-electron chi connectivity index (χ1n) is 8.16. The lowest BCUT2D eigenvalue weighted by atomic mass is 9.79. The summed E-state index contributed by atoms with van der Waals surface area (Å²) < 4.78 is 0. The topological polar surface area (TPSA) is 32.3 Å². The second-order valence-corrected chi connectivity index (χ2v) is 6.30. The maximum Gasteiger partial charge on any atom is 0.0462 e. The SMILES string of the molecule is OCC1CCCCC1CNCc1ccc2ccccc2c1. The summed E-state index contributed by atoms with van der Waals surface area (Å²) in [6, 6.07) is 15.2. The molecule has 112 valence electrons. The van der Waals surface area contributed by atoms with Crippen molar-refractivity contribution in [3.63, 3.8) is 0 Å². The highest BCUT2D eigenvalue weighted by atomic mass is 16.3. The van der Waals surface area contributed by atoms with Crippen LogP contribution in [0.3, 0.4) is 0 Å². The fourth-order valence-corrected chi connectivity index (χ4v) is 3.54. The first-order chi connectivity index (χ1) is 10.4. The minimum Gasteiger partial charge on any atom is -0.396 e. The summed E-state index contributed by atoms with van der Waals surface area (Å²) in [4.78, 5) is 0. The summed E-state index contributed by atoms with van der Waals surface area (Å²) in [5, 5.41) is 15.7. The third kappa shape index (κ3) is 3.63. The number of rotatable bonds is 5. The van der Waals surface area contributed by atoms with Crippen molar-refractivity contribution >= 4 is 10.8 Å². The molecule has 1 saturated carbocycles. The van der Waals surface area contributed by atoms with Gasteiger partial charge in [0.1, 0.15) is 0 Å². The van der Waals surface area contributed by atoms with Gasteiger partial charge in [0.05, 0.1) is 0 Å². The van der Waals surface area contributed by atoms with Crippen molar-refractivity contribution in [1.29, 1.82) is 0 Å². The summed E-state index contributed by atoms with van der Waals surface area (Å²) >= 11 is 0. The minimum absolute atomic E-state index is 0.350. The van der Waals surface area contributed by atoms with E-state index in [9.17, 15) is 5.11 Å². The van der Waals surface area contributed by atoms with Crippen molar-refractivity contribution < 1.29 is 5.11 Å². The Bertz CT molecular complexity index is 581. The van der Waals surface area contributed by atoms with E-state index in [1.165, 1.54) is 42.0 Å². The van der Waals surface area contributed by atoms with Gasteiger partial charge < -0.3 is 10.4 Å². The highest BCUT2D eigenvalue weighted by Gasteiger charge is 2.23. The maximum atomic E-state index is 9.47. The summed E-state index contributed by atoms with van der Waals surface area (Å²) in [7, 11) is 0. The van der Waals surface area contributed by atoms with Gasteiger partial charge in [-0.2, -0.15) is 0 Å². The number of aliphatic hydroxyl groups is 1. The average Bonchev–Trinajstić information content (AvgIpc) is 2.55. The van der Waals surface area contributed by atoms with Gasteiger partial charge in [-0.15, -0.1) is 0 Å². The lowest BCUT2D eigenvalue weighted by Crippen LogP contribution is -2.32. The standard InChI is InChI=1S/C19H25NO/c21-14-19-8-4-3-7-18(19)13-20-12-15-9-10-16-5-1-2-6-17(16)11-15/h1-2,5-6,9-11,18-21H,3-4,7-8,12-14H2. The van der Waals surface area contributed by atoms with Crippen molar-refractivity contribution in [2.45, 2.75) is 32.2 Å². The molecule has 1 aliphatic rings. The monoisotopic (exact) mass is 283 g/mol. The molecule has 0 aliphatic heterocycles. The zero-order chi connectivity index (χ0) is 14.5. The van der Waals surface area contributed by atoms with Crippen LogP contribution in [0.25, 0.3) is 10.8 Å². The highest BCUT2D eigenvalue weighted by Crippen LogP contribution is 2.29. The van der Waals surface area contributed by atoms with E-state index in [1.807, 2.05) is 0 Å². The van der Waals surface area contributed by atoms with Gasteiger partial charge >= 0.3 is 0 Å². The predicted molar refractivity (Wildman–Crippen MR) is 88.2 cm³/mol. The first kappa shape index (κ1) is 14.6. The second-order valence-electron chi connectivity index (χ2n) is 6.30. The number of nitrogens with one attached hydrogen (secondary N) is 1. The Kier molecular flexibility index (Phi) is 4.89. The Balaban J connectivity index is 1.56. The summed E-state index contributed by atoms with van der Waals surface area (Å²) in [5.74, 6) is 1.15. The molecule has 0 radical (unpaired) electrons. The van der Waals surface area contributed by atoms with Crippen LogP contribution in [-0.4, -0.2) is 18.3 Å². The van der Waals surface area contributed by atoms with Gasteiger partial charge in [-0.1, -0.05) is 49.2 Å². The van der Waals surface area contributed by atoms with Crippen LogP contribution >= 0.6 is 0 Å². The van der Waals surface area contributed by atoms with Crippen LogP contribution in [0.5, 0.6) is 0 Å². The minimum atomic E-state index is 0.350. The molecule has 2 aromatic rings. The molecule has 0 aromatic heterocycles. The van der Waals surface area contributed by atoms with Gasteiger partial charge in [-0.05, 0) is 53.6 Å². The van der Waals surface area contributed by atoms with E-state index in [0.29, 0.717) is 18.4 Å². The van der Waals surface area contributed by atoms with Gasteiger partial charge in [0, 0.05) is 13.2 Å². The van der Waals surface area contributed by atoms with Crippen LogP contribution in [0.15, 0.2) is 42.5 Å². The summed E-state index contributed by atoms with van der Waals surface area (Å²) in [5.41, 5.74) is 1.34. The quantitative estimate of drug-likeness (QED) is 0.876. The molecule has 0 saturated heterocycles. The molecular weight excluding hydrogens is 258 g/mol. The molecule has 2 atom stereocenters. The van der Waals surface area contributed by atoms with Gasteiger partial charge in [0.15, 0.2) is 0 Å². The Labute approximate surface area is 127 Å². The number of fused-ring (bicyclic) bond motifs is 1. The van der Waals surface area contributed by atoms with Crippen molar-refractivity contribution in [3.8, 4) is 0 Å². The molecule has 3 rings (SSSR count). The van der Waals surface area contributed by atoms with Gasteiger partial charge in [-0.25, -0.2) is 0 Å². The lowest BCUT2D eigenvalue weighted by Gasteiger charge is -2.30. The van der Waals surface area contributed by atoms with E-state index in [-0.39, 0.29) is 0 Å². The zero-order valence-corrected chi connectivity index (χ0v) is 12.6. The van der Waals surface area contributed by atoms with Crippen molar-refractivity contribution in [1.82, 2.24) is 5.32 Å². The Hall–Kier alpha value is -1.38. The predicted octanol–water partition coefficient (Wildman–Crippen LogP) is 3.73. The third-order valence-corrected chi connectivity index (χ3v) is 4.85. The zero-order valence-electron chi connectivity index (χ0n) is 12.6. The van der Waals surface area contributed by atoms with Crippen LogP contribution in [0.1, 0.15) is 31.2 Å². The van der Waals surface area contributed by atoms with E-state index in [4.69, 9.17) is 0 Å². The normalized spacial score (nSPS) is 22.5. The molecule has 1 fully saturated rings. The van der Waals surface area contributed by atoms with Gasteiger partial charge in [0.25, 0.3) is 0 Å². The van der Waals surface area contributed by atoms with E-state index in [1.54, 1.807) is 0 Å². The Morgan fingerprint density at radius 1 is 0.952 bits per heavy atom. The van der Waals surface area contributed by atoms with Crippen molar-refractivity contribution in [2.24, 2.45) is 11.8 Å². The van der Waals surface area contributed by atoms with Crippen LogP contribution in [0, 0.1) is 11.8 Å². The van der Waals surface area contributed by atoms with E-state index in [2.05, 4.69) is 47.8 Å². The van der Waals surface area contributed by atoms with Gasteiger partial charge in [0.2, 0.25) is 0 Å². The molecule has 2 aromatic carbocycles. The van der Waals surface area contributed by atoms with Crippen LogP contribution in [-0.2, 0) is 6.54 Å². The van der Waals surface area contributed by atoms with E-state index < -0.39 is 0 Å². The molecule has 2 N–H and O–H groups in total. The van der Waals surface area contributed by atoms with Crippen molar-refractivity contribution in [2.75, 3.05) is 13.2 Å². The Morgan fingerprint density at radius 3 is 2.52 bits per heavy atom. The smallest absolute Gasteiger partial charge is 0.0462 e. The highest BCUT2D eigenvalue weighted by molar-refractivity contribution is 5.82. The summed E-state index contributed by atoms with van der Waals surface area (Å²) in [6.45, 7) is 2.29. The molecule has 1 aliphatic carbocycles. The number of hydrogen-bond acceptors (Lipinski definition) is 2. The molecule has 0 spiro atoms. The fraction of sp³-hybridized carbons (Fsp3) is 0.474. The second kappa shape index (κ2) is 7.06. The van der Waals surface area contributed by atoms with Crippen LogP contribution in [0.2, 0.25) is 0 Å². The van der Waals surface area contributed by atoms with Gasteiger partial charge in [-0.3, -0.25) is 0 Å². The maximum absolute atomic E-state index is 9.47. The molecule has 0 bridgehead atoms. The van der Waals surface area contributed by atoms with Crippen molar-refractivity contribution in [3.05, 3.63) is 48.0 Å². The number of aliphatic hydroxyl groups excluding tert-OH is 1. The average molecular weight is 283 g/mol.